The van der Waals surface area contributed by atoms with Crippen LogP contribution in [0.15, 0.2) is 12.2 Å². The number of hydrogen-bond donors (Lipinski definition) is 3. The number of unbranched alkanes of at least 4 members (excludes halogenated alkanes) is 10. The number of carbonyl (C=O) groups is 3. The molecule has 0 bridgehead atoms. The van der Waals surface area contributed by atoms with Gasteiger partial charge >= 0.3 is 12.0 Å². The quantitative estimate of drug-likeness (QED) is 0.0786. The maximum atomic E-state index is 13.2. The van der Waals surface area contributed by atoms with Gasteiger partial charge in [0.1, 0.15) is 6.10 Å². The molecule has 1 saturated heterocycles. The maximum Gasteiger partial charge on any atom is 0.315 e. The van der Waals surface area contributed by atoms with E-state index in [-0.39, 0.29) is 24.9 Å². The van der Waals surface area contributed by atoms with Crippen LogP contribution in [-0.2, 0) is 19.1 Å². The molecule has 0 aromatic heterocycles. The zero-order valence-corrected chi connectivity index (χ0v) is 30.7. The molecule has 2 fully saturated rings. The van der Waals surface area contributed by atoms with Crippen LogP contribution in [0.3, 0.4) is 0 Å². The minimum Gasteiger partial charge on any atom is -0.481 e. The highest BCUT2D eigenvalue weighted by molar-refractivity contribution is 5.82. The number of carbonyl (C=O) groups excluding carboxylic acids is 2. The molecule has 9 heteroatoms. The molecule has 272 valence electrons. The Hall–Kier alpha value is -2.13. The molecule has 3 amide bonds. The second kappa shape index (κ2) is 20.4. The van der Waals surface area contributed by atoms with Gasteiger partial charge < -0.3 is 30.5 Å². The highest BCUT2D eigenvalue weighted by Gasteiger charge is 2.51. The average molecular weight is 664 g/mol. The van der Waals surface area contributed by atoms with Crippen LogP contribution in [0.4, 0.5) is 4.79 Å². The molecule has 0 radical (unpaired) electrons. The van der Waals surface area contributed by atoms with Crippen LogP contribution in [0.1, 0.15) is 164 Å². The molecular weight excluding hydrogens is 594 g/mol. The lowest BCUT2D eigenvalue weighted by Crippen LogP contribution is -2.63. The first-order valence-electron chi connectivity index (χ1n) is 18.8. The second-order valence-electron chi connectivity index (χ2n) is 15.4. The van der Waals surface area contributed by atoms with Gasteiger partial charge in [0.25, 0.3) is 0 Å². The Morgan fingerprint density at radius 3 is 2.04 bits per heavy atom. The highest BCUT2D eigenvalue weighted by atomic mass is 16.7. The van der Waals surface area contributed by atoms with E-state index in [9.17, 15) is 19.5 Å². The Morgan fingerprint density at radius 1 is 0.894 bits per heavy atom. The molecular formula is C38H69N3O6. The molecule has 1 saturated carbocycles. The summed E-state index contributed by atoms with van der Waals surface area (Å²) >= 11 is 0. The molecule has 4 N–H and O–H groups in total. The van der Waals surface area contributed by atoms with Crippen LogP contribution in [0.2, 0.25) is 0 Å². The van der Waals surface area contributed by atoms with Crippen molar-refractivity contribution in [2.45, 2.75) is 187 Å². The van der Waals surface area contributed by atoms with Crippen LogP contribution in [-0.4, -0.2) is 64.5 Å². The van der Waals surface area contributed by atoms with Crippen molar-refractivity contribution < 1.29 is 29.0 Å². The van der Waals surface area contributed by atoms with Gasteiger partial charge in [0, 0.05) is 18.0 Å². The number of allylic oxidation sites excluding steroid dienone is 2. The fraction of sp³-hybridized carbons (Fsp3) is 0.868. The Balaban J connectivity index is 1.93. The average Bonchev–Trinajstić information content (AvgIpc) is 3.00. The van der Waals surface area contributed by atoms with E-state index in [1.807, 2.05) is 20.8 Å². The number of nitrogens with two attached hydrogens (primary N) is 1. The first-order valence-corrected chi connectivity index (χ1v) is 18.8. The standard InChI is InChI=1S/C38H69N3O6/c1-7-8-9-10-11-12-13-14-15-16-17-18-19-21-24-30(2)41(35(39)45)38(26-22-20-23-27-38)31(34(43)44)25-28-40-33(42)32-36(3,4)29-46-37(5,6)47-32/h14-15,30-32H,7-13,16-29H2,1-6H3,(H2,39,45)(H,40,42)(H,43,44)/b15-14+. The lowest BCUT2D eigenvalue weighted by atomic mass is 9.69. The lowest BCUT2D eigenvalue weighted by molar-refractivity contribution is -0.304. The van der Waals surface area contributed by atoms with Crippen molar-refractivity contribution in [2.24, 2.45) is 17.1 Å². The van der Waals surface area contributed by atoms with E-state index < -0.39 is 40.8 Å². The van der Waals surface area contributed by atoms with Crippen LogP contribution in [0.25, 0.3) is 0 Å². The number of hydrogen-bond acceptors (Lipinski definition) is 5. The van der Waals surface area contributed by atoms with E-state index in [2.05, 4.69) is 24.4 Å². The van der Waals surface area contributed by atoms with Crippen molar-refractivity contribution in [3.8, 4) is 0 Å². The van der Waals surface area contributed by atoms with E-state index in [1.165, 1.54) is 44.9 Å². The fourth-order valence-corrected chi connectivity index (χ4v) is 7.64. The van der Waals surface area contributed by atoms with Gasteiger partial charge in [-0.2, -0.15) is 0 Å². The molecule has 1 heterocycles. The van der Waals surface area contributed by atoms with Crippen LogP contribution in [0, 0.1) is 11.3 Å². The molecule has 1 aliphatic heterocycles. The van der Waals surface area contributed by atoms with E-state index in [4.69, 9.17) is 15.2 Å². The summed E-state index contributed by atoms with van der Waals surface area (Å²) < 4.78 is 11.7. The van der Waals surface area contributed by atoms with Gasteiger partial charge in [-0.25, -0.2) is 4.79 Å². The predicted octanol–water partition coefficient (Wildman–Crippen LogP) is 8.49. The largest absolute Gasteiger partial charge is 0.481 e. The number of carboxylic acid groups (broad SMARTS) is 1. The van der Waals surface area contributed by atoms with Crippen molar-refractivity contribution >= 4 is 17.9 Å². The van der Waals surface area contributed by atoms with Crippen LogP contribution >= 0.6 is 0 Å². The zero-order valence-electron chi connectivity index (χ0n) is 30.7. The number of aliphatic carboxylic acids is 1. The Bertz CT molecular complexity index is 974. The van der Waals surface area contributed by atoms with Crippen molar-refractivity contribution in [1.82, 2.24) is 10.2 Å². The summed E-state index contributed by atoms with van der Waals surface area (Å²) in [7, 11) is 0. The summed E-state index contributed by atoms with van der Waals surface area (Å²) in [6.07, 6.45) is 23.4. The van der Waals surface area contributed by atoms with E-state index >= 15 is 0 Å². The summed E-state index contributed by atoms with van der Waals surface area (Å²) in [5.41, 5.74) is 4.65. The molecule has 3 atom stereocenters. The second-order valence-corrected chi connectivity index (χ2v) is 15.4. The normalized spacial score (nSPS) is 21.6. The lowest BCUT2D eigenvalue weighted by Gasteiger charge is -2.51. The summed E-state index contributed by atoms with van der Waals surface area (Å²) in [6, 6.07) is -0.720. The summed E-state index contributed by atoms with van der Waals surface area (Å²) in [4.78, 5) is 40.9. The van der Waals surface area contributed by atoms with Gasteiger partial charge in [-0.15, -0.1) is 0 Å². The molecule has 2 aliphatic rings. The molecule has 47 heavy (non-hydrogen) atoms. The minimum absolute atomic E-state index is 0.169. The zero-order chi connectivity index (χ0) is 34.9. The number of urea groups is 1. The van der Waals surface area contributed by atoms with E-state index in [0.29, 0.717) is 19.4 Å². The third-order valence-corrected chi connectivity index (χ3v) is 10.3. The Kier molecular flexibility index (Phi) is 17.8. The third-order valence-electron chi connectivity index (χ3n) is 10.3. The first kappa shape index (κ1) is 41.0. The van der Waals surface area contributed by atoms with Gasteiger partial charge in [0.2, 0.25) is 5.91 Å². The fourth-order valence-electron chi connectivity index (χ4n) is 7.64. The Morgan fingerprint density at radius 2 is 1.47 bits per heavy atom. The molecule has 9 nitrogen and oxygen atoms in total. The summed E-state index contributed by atoms with van der Waals surface area (Å²) in [6.45, 7) is 12.2. The molecule has 3 unspecified atom stereocenters. The first-order chi connectivity index (χ1) is 22.3. The Labute approximate surface area is 286 Å². The van der Waals surface area contributed by atoms with Gasteiger partial charge in [-0.1, -0.05) is 104 Å². The minimum atomic E-state index is -0.951. The number of primary amides is 1. The van der Waals surface area contributed by atoms with Crippen molar-refractivity contribution in [3.63, 3.8) is 0 Å². The molecule has 1 aliphatic carbocycles. The van der Waals surface area contributed by atoms with Gasteiger partial charge in [-0.3, -0.25) is 9.59 Å². The SMILES string of the molecule is CCCCCCCC/C=C/CCCCCCC(C)N(C(N)=O)C1(C(CCNC(=O)C2OC(C)(C)OCC2(C)C)C(=O)O)CCCCC1. The third kappa shape index (κ3) is 13.4. The van der Waals surface area contributed by atoms with Crippen molar-refractivity contribution in [1.29, 1.82) is 0 Å². The summed E-state index contributed by atoms with van der Waals surface area (Å²) in [5.74, 6) is -2.95. The predicted molar refractivity (Wildman–Crippen MR) is 189 cm³/mol. The van der Waals surface area contributed by atoms with Crippen LogP contribution < -0.4 is 11.1 Å². The summed E-state index contributed by atoms with van der Waals surface area (Å²) in [5, 5.41) is 13.5. The van der Waals surface area contributed by atoms with Crippen LogP contribution in [0.5, 0.6) is 0 Å². The smallest absolute Gasteiger partial charge is 0.315 e. The number of nitrogens with zero attached hydrogens (tertiary/aromatic N) is 1. The topological polar surface area (TPSA) is 131 Å². The monoisotopic (exact) mass is 664 g/mol. The highest BCUT2D eigenvalue weighted by Crippen LogP contribution is 2.43. The molecule has 0 aromatic carbocycles. The number of ether oxygens (including phenoxy) is 2. The van der Waals surface area contributed by atoms with Crippen molar-refractivity contribution in [3.05, 3.63) is 12.2 Å². The van der Waals surface area contributed by atoms with Gasteiger partial charge in [0.15, 0.2) is 5.79 Å². The number of amides is 3. The van der Waals surface area contributed by atoms with Gasteiger partial charge in [-0.05, 0) is 72.1 Å². The number of rotatable bonds is 22. The number of nitrogens with one attached hydrogen (secondary N) is 1. The number of carboxylic acids is 1. The molecule has 2 rings (SSSR count). The van der Waals surface area contributed by atoms with E-state index in [1.54, 1.807) is 18.7 Å². The van der Waals surface area contributed by atoms with Crippen molar-refractivity contribution in [2.75, 3.05) is 13.2 Å². The molecule has 0 aromatic rings. The maximum absolute atomic E-state index is 13.2. The van der Waals surface area contributed by atoms with E-state index in [0.717, 1.165) is 57.8 Å². The van der Waals surface area contributed by atoms with Gasteiger partial charge in [0.05, 0.1) is 18.1 Å². The molecule has 0 spiro atoms.